The van der Waals surface area contributed by atoms with Crippen molar-refractivity contribution in [3.05, 3.63) is 65.7 Å². The quantitative estimate of drug-likeness (QED) is 0.679. The Hall–Kier alpha value is -2.95. The predicted octanol–water partition coefficient (Wildman–Crippen LogP) is 5.29. The molecule has 1 fully saturated rings. The number of methoxy groups -OCH3 is 1. The molecule has 0 aromatic heterocycles. The van der Waals surface area contributed by atoms with E-state index in [1.807, 2.05) is 57.2 Å². The van der Waals surface area contributed by atoms with E-state index in [1.165, 1.54) is 0 Å². The van der Waals surface area contributed by atoms with Crippen LogP contribution in [0.3, 0.4) is 0 Å². The maximum absolute atomic E-state index is 12.5. The summed E-state index contributed by atoms with van der Waals surface area (Å²) in [7, 11) is 1.67. The number of carbonyl (C=O) groups is 1. The van der Waals surface area contributed by atoms with Crippen LogP contribution in [0.25, 0.3) is 5.57 Å². The average Bonchev–Trinajstić information content (AvgIpc) is 2.73. The molecule has 0 aliphatic carbocycles. The molecule has 30 heavy (non-hydrogen) atoms. The lowest BCUT2D eigenvalue weighted by molar-refractivity contribution is -0.00117. The van der Waals surface area contributed by atoms with Crippen LogP contribution in [0.5, 0.6) is 11.5 Å². The number of ether oxygens (including phenoxy) is 3. The molecule has 0 bridgehead atoms. The van der Waals surface area contributed by atoms with Crippen LogP contribution in [-0.2, 0) is 4.74 Å². The van der Waals surface area contributed by atoms with Crippen LogP contribution in [0.2, 0.25) is 0 Å². The van der Waals surface area contributed by atoms with Gasteiger partial charge in [0.25, 0.3) is 0 Å². The minimum atomic E-state index is -0.494. The number of fused-ring (bicyclic) bond motifs is 1. The molecule has 2 aliphatic heterocycles. The summed E-state index contributed by atoms with van der Waals surface area (Å²) >= 11 is 0. The highest BCUT2D eigenvalue weighted by Gasteiger charge is 2.41. The van der Waals surface area contributed by atoms with E-state index in [0.717, 1.165) is 28.2 Å². The maximum atomic E-state index is 12.5. The van der Waals surface area contributed by atoms with Crippen molar-refractivity contribution < 1.29 is 19.0 Å². The van der Waals surface area contributed by atoms with Crippen molar-refractivity contribution in [2.75, 3.05) is 20.2 Å². The molecular weight excluding hydrogens is 378 g/mol. The molecule has 1 saturated heterocycles. The predicted molar refractivity (Wildman–Crippen MR) is 117 cm³/mol. The summed E-state index contributed by atoms with van der Waals surface area (Å²) in [6.07, 6.45) is 3.41. The largest absolute Gasteiger partial charge is 0.497 e. The Morgan fingerprint density at radius 2 is 1.77 bits per heavy atom. The molecular formula is C25H29NO4. The molecule has 5 heteroatoms. The third-order valence-electron chi connectivity index (χ3n) is 5.54. The Balaban J connectivity index is 1.63. The van der Waals surface area contributed by atoms with E-state index >= 15 is 0 Å². The van der Waals surface area contributed by atoms with Crippen molar-refractivity contribution in [2.24, 2.45) is 0 Å². The van der Waals surface area contributed by atoms with Gasteiger partial charge in [0.1, 0.15) is 22.7 Å². The van der Waals surface area contributed by atoms with E-state index in [0.29, 0.717) is 25.9 Å². The van der Waals surface area contributed by atoms with Gasteiger partial charge in [-0.3, -0.25) is 0 Å². The van der Waals surface area contributed by atoms with Gasteiger partial charge in [-0.2, -0.15) is 0 Å². The van der Waals surface area contributed by atoms with Gasteiger partial charge in [0.15, 0.2) is 0 Å². The Morgan fingerprint density at radius 3 is 2.40 bits per heavy atom. The summed E-state index contributed by atoms with van der Waals surface area (Å²) in [4.78, 5) is 14.3. The molecule has 1 spiro atoms. The van der Waals surface area contributed by atoms with E-state index in [2.05, 4.69) is 18.2 Å². The first-order valence-corrected chi connectivity index (χ1v) is 10.4. The van der Waals surface area contributed by atoms with Crippen LogP contribution >= 0.6 is 0 Å². The van der Waals surface area contributed by atoms with E-state index in [-0.39, 0.29) is 6.09 Å². The molecule has 0 unspecified atom stereocenters. The number of hydrogen-bond donors (Lipinski definition) is 0. The number of amides is 1. The monoisotopic (exact) mass is 407 g/mol. The van der Waals surface area contributed by atoms with Gasteiger partial charge < -0.3 is 19.1 Å². The third-order valence-corrected chi connectivity index (χ3v) is 5.54. The second kappa shape index (κ2) is 7.71. The van der Waals surface area contributed by atoms with E-state index in [1.54, 1.807) is 12.0 Å². The summed E-state index contributed by atoms with van der Waals surface area (Å²) in [6, 6.07) is 16.3. The van der Waals surface area contributed by atoms with Gasteiger partial charge in [0, 0.05) is 31.5 Å². The Labute approximate surface area is 178 Å². The molecule has 1 amide bonds. The summed E-state index contributed by atoms with van der Waals surface area (Å²) in [5.41, 5.74) is 2.38. The average molecular weight is 408 g/mol. The van der Waals surface area contributed by atoms with E-state index in [4.69, 9.17) is 14.2 Å². The number of piperidine rings is 1. The molecule has 0 atom stereocenters. The standard InChI is InChI=1S/C25H29NO4/c1-24(2,3)30-23(27)26-14-12-25(13-15-26)17-21(18-8-6-5-7-9-18)20-16-19(28-4)10-11-22(20)29-25/h5-11,16-17H,12-15H2,1-4H3. The second-order valence-electron chi connectivity index (χ2n) is 8.92. The van der Waals surface area contributed by atoms with Gasteiger partial charge >= 0.3 is 6.09 Å². The van der Waals surface area contributed by atoms with Gasteiger partial charge in [-0.15, -0.1) is 0 Å². The number of hydrogen-bond acceptors (Lipinski definition) is 4. The zero-order chi connectivity index (χ0) is 21.4. The molecule has 4 rings (SSSR count). The highest BCUT2D eigenvalue weighted by Crippen LogP contribution is 2.44. The molecule has 2 aromatic carbocycles. The third kappa shape index (κ3) is 4.16. The summed E-state index contributed by atoms with van der Waals surface area (Å²) in [5.74, 6) is 1.65. The summed E-state index contributed by atoms with van der Waals surface area (Å²) in [6.45, 7) is 6.86. The number of carbonyl (C=O) groups excluding carboxylic acids is 1. The molecule has 0 radical (unpaired) electrons. The first-order chi connectivity index (χ1) is 14.3. The van der Waals surface area contributed by atoms with Gasteiger partial charge in [-0.05, 0) is 56.2 Å². The second-order valence-corrected chi connectivity index (χ2v) is 8.92. The van der Waals surface area contributed by atoms with Crippen LogP contribution < -0.4 is 9.47 Å². The zero-order valence-corrected chi connectivity index (χ0v) is 18.1. The van der Waals surface area contributed by atoms with Crippen molar-refractivity contribution in [3.63, 3.8) is 0 Å². The molecule has 0 saturated carbocycles. The van der Waals surface area contributed by atoms with Crippen molar-refractivity contribution in [3.8, 4) is 11.5 Å². The molecule has 2 aliphatic rings. The smallest absolute Gasteiger partial charge is 0.410 e. The van der Waals surface area contributed by atoms with E-state index < -0.39 is 11.2 Å². The summed E-state index contributed by atoms with van der Waals surface area (Å²) in [5, 5.41) is 0. The Morgan fingerprint density at radius 1 is 1.07 bits per heavy atom. The number of likely N-dealkylation sites (tertiary alicyclic amines) is 1. The normalized spacial score (nSPS) is 17.6. The lowest BCUT2D eigenvalue weighted by Crippen LogP contribution is -2.50. The number of nitrogens with zero attached hydrogens (tertiary/aromatic N) is 1. The van der Waals surface area contributed by atoms with Gasteiger partial charge in [-0.25, -0.2) is 4.79 Å². The fraction of sp³-hybridized carbons (Fsp3) is 0.400. The fourth-order valence-corrected chi connectivity index (χ4v) is 4.02. The van der Waals surface area contributed by atoms with Crippen molar-refractivity contribution in [2.45, 2.75) is 44.8 Å². The first kappa shape index (κ1) is 20.3. The molecule has 2 heterocycles. The van der Waals surface area contributed by atoms with Crippen LogP contribution in [-0.4, -0.2) is 42.4 Å². The molecule has 5 nitrogen and oxygen atoms in total. The van der Waals surface area contributed by atoms with Gasteiger partial charge in [-0.1, -0.05) is 30.3 Å². The lowest BCUT2D eigenvalue weighted by atomic mass is 9.83. The minimum Gasteiger partial charge on any atom is -0.497 e. The van der Waals surface area contributed by atoms with Crippen LogP contribution in [0.15, 0.2) is 54.6 Å². The minimum absolute atomic E-state index is 0.259. The van der Waals surface area contributed by atoms with Crippen molar-refractivity contribution in [1.29, 1.82) is 0 Å². The Bertz CT molecular complexity index is 951. The maximum Gasteiger partial charge on any atom is 0.410 e. The van der Waals surface area contributed by atoms with Crippen LogP contribution in [0, 0.1) is 0 Å². The number of benzene rings is 2. The first-order valence-electron chi connectivity index (χ1n) is 10.4. The Kier molecular flexibility index (Phi) is 5.22. The number of rotatable bonds is 2. The zero-order valence-electron chi connectivity index (χ0n) is 18.1. The topological polar surface area (TPSA) is 48.0 Å². The highest BCUT2D eigenvalue weighted by atomic mass is 16.6. The van der Waals surface area contributed by atoms with Crippen LogP contribution in [0.1, 0.15) is 44.7 Å². The molecule has 2 aromatic rings. The summed E-state index contributed by atoms with van der Waals surface area (Å²) < 4.78 is 17.5. The van der Waals surface area contributed by atoms with Crippen molar-refractivity contribution >= 4 is 11.7 Å². The van der Waals surface area contributed by atoms with Crippen molar-refractivity contribution in [1.82, 2.24) is 4.90 Å². The fourth-order valence-electron chi connectivity index (χ4n) is 4.02. The SMILES string of the molecule is COc1ccc2c(c1)C(c1ccccc1)=CC1(CCN(C(=O)OC(C)(C)C)CC1)O2. The molecule has 158 valence electrons. The van der Waals surface area contributed by atoms with Crippen LogP contribution in [0.4, 0.5) is 4.79 Å². The van der Waals surface area contributed by atoms with Gasteiger partial charge in [0.05, 0.1) is 7.11 Å². The highest BCUT2D eigenvalue weighted by molar-refractivity contribution is 5.85. The lowest BCUT2D eigenvalue weighted by Gasteiger charge is -2.43. The molecule has 0 N–H and O–H groups in total. The van der Waals surface area contributed by atoms with Gasteiger partial charge in [0.2, 0.25) is 0 Å². The van der Waals surface area contributed by atoms with E-state index in [9.17, 15) is 4.79 Å².